The number of rotatable bonds is 2. The first-order chi connectivity index (χ1) is 6.04. The maximum atomic E-state index is 10.7. The minimum absolute atomic E-state index is 0. The van der Waals surface area contributed by atoms with Crippen molar-refractivity contribution in [2.75, 3.05) is 0 Å². The van der Waals surface area contributed by atoms with Gasteiger partial charge in [0, 0.05) is 59.1 Å². The summed E-state index contributed by atoms with van der Waals surface area (Å²) in [5.41, 5.74) is 0.134. The zero-order chi connectivity index (χ0) is 10.0. The van der Waals surface area contributed by atoms with Gasteiger partial charge < -0.3 is 10.2 Å². The van der Waals surface area contributed by atoms with Gasteiger partial charge in [0.2, 0.25) is 0 Å². The van der Waals surface area contributed by atoms with Crippen LogP contribution in [-0.4, -0.2) is 81.3 Å². The molecule has 0 aliphatic carbocycles. The van der Waals surface area contributed by atoms with E-state index in [0.717, 1.165) is 0 Å². The summed E-state index contributed by atoms with van der Waals surface area (Å²) in [6.45, 7) is 1.57. The minimum Gasteiger partial charge on any atom is -0.478 e. The van der Waals surface area contributed by atoms with Crippen LogP contribution in [0.25, 0.3) is 0 Å². The molecular weight excluding hydrogens is 218 g/mol. The Morgan fingerprint density at radius 3 is 1.93 bits per heavy atom. The fourth-order valence-corrected chi connectivity index (χ4v) is 1.13. The monoisotopic (exact) mass is 226 g/mol. The molecule has 4 nitrogen and oxygen atoms in total. The molecule has 2 radical (unpaired) electrons. The third-order valence-electron chi connectivity index (χ3n) is 1.72. The second-order valence-corrected chi connectivity index (χ2v) is 2.61. The predicted octanol–water partition coefficient (Wildman–Crippen LogP) is 0.630. The molecular formula is C9H8Na2O4. The average molecular weight is 226 g/mol. The van der Waals surface area contributed by atoms with Crippen molar-refractivity contribution in [2.45, 2.75) is 6.92 Å². The molecule has 15 heavy (non-hydrogen) atoms. The standard InChI is InChI=1S/C9H8O4.2Na/c1-5-3-2-4-6(8(10)11)7(5)9(12)13;;/h2-4H,1H3,(H,10,11)(H,12,13);;. The van der Waals surface area contributed by atoms with Crippen LogP contribution in [0.15, 0.2) is 18.2 Å². The molecule has 0 atom stereocenters. The summed E-state index contributed by atoms with van der Waals surface area (Å²) in [5.74, 6) is -2.43. The van der Waals surface area contributed by atoms with E-state index in [-0.39, 0.29) is 70.2 Å². The molecule has 70 valence electrons. The van der Waals surface area contributed by atoms with Crippen LogP contribution in [-0.2, 0) is 0 Å². The Morgan fingerprint density at radius 2 is 1.60 bits per heavy atom. The predicted molar refractivity (Wildman–Crippen MR) is 56.6 cm³/mol. The minimum atomic E-state index is -1.22. The summed E-state index contributed by atoms with van der Waals surface area (Å²) in [4.78, 5) is 21.3. The summed E-state index contributed by atoms with van der Waals surface area (Å²) >= 11 is 0. The third-order valence-corrected chi connectivity index (χ3v) is 1.72. The van der Waals surface area contributed by atoms with Crippen LogP contribution in [0.5, 0.6) is 0 Å². The number of carbonyl (C=O) groups is 2. The fraction of sp³-hybridized carbons (Fsp3) is 0.111. The van der Waals surface area contributed by atoms with Crippen molar-refractivity contribution in [3.63, 3.8) is 0 Å². The van der Waals surface area contributed by atoms with E-state index in [1.165, 1.54) is 12.1 Å². The number of aromatic carboxylic acids is 2. The van der Waals surface area contributed by atoms with Gasteiger partial charge >= 0.3 is 11.9 Å². The van der Waals surface area contributed by atoms with Crippen LogP contribution >= 0.6 is 0 Å². The van der Waals surface area contributed by atoms with Crippen molar-refractivity contribution in [2.24, 2.45) is 0 Å². The molecule has 1 rings (SSSR count). The molecule has 0 bridgehead atoms. The molecule has 1 aromatic rings. The molecule has 0 fully saturated rings. The molecule has 0 heterocycles. The van der Waals surface area contributed by atoms with E-state index in [2.05, 4.69) is 0 Å². The molecule has 0 saturated heterocycles. The molecule has 6 heteroatoms. The van der Waals surface area contributed by atoms with Crippen LogP contribution in [0.2, 0.25) is 0 Å². The van der Waals surface area contributed by atoms with Crippen LogP contribution in [0.1, 0.15) is 26.3 Å². The Balaban J connectivity index is 0. The van der Waals surface area contributed by atoms with E-state index in [1.807, 2.05) is 0 Å². The third kappa shape index (κ3) is 4.26. The molecule has 0 aromatic heterocycles. The maximum Gasteiger partial charge on any atom is 0.336 e. The number of hydrogen-bond donors (Lipinski definition) is 2. The van der Waals surface area contributed by atoms with Crippen molar-refractivity contribution in [3.05, 3.63) is 34.9 Å². The van der Waals surface area contributed by atoms with Crippen molar-refractivity contribution in [3.8, 4) is 0 Å². The van der Waals surface area contributed by atoms with Gasteiger partial charge in [0.05, 0.1) is 11.1 Å². The van der Waals surface area contributed by atoms with Gasteiger partial charge in [-0.25, -0.2) is 9.59 Å². The number of benzene rings is 1. The van der Waals surface area contributed by atoms with Gasteiger partial charge in [-0.2, -0.15) is 0 Å². The van der Waals surface area contributed by atoms with Gasteiger partial charge in [0.25, 0.3) is 0 Å². The van der Waals surface area contributed by atoms with Gasteiger partial charge in [-0.05, 0) is 18.6 Å². The molecule has 0 aliphatic rings. The molecule has 1 aromatic carbocycles. The molecule has 0 spiro atoms. The van der Waals surface area contributed by atoms with Crippen LogP contribution in [0.4, 0.5) is 0 Å². The largest absolute Gasteiger partial charge is 0.478 e. The Labute approximate surface area is 131 Å². The quantitative estimate of drug-likeness (QED) is 0.725. The number of aryl methyl sites for hydroxylation is 1. The summed E-state index contributed by atoms with van der Waals surface area (Å²) in [5, 5.41) is 17.4. The molecule has 0 aliphatic heterocycles. The van der Waals surface area contributed by atoms with Gasteiger partial charge in [0.15, 0.2) is 0 Å². The second kappa shape index (κ2) is 7.44. The van der Waals surface area contributed by atoms with Crippen molar-refractivity contribution < 1.29 is 19.8 Å². The van der Waals surface area contributed by atoms with Crippen LogP contribution in [0, 0.1) is 6.92 Å². The Morgan fingerprint density at radius 1 is 1.07 bits per heavy atom. The van der Waals surface area contributed by atoms with Gasteiger partial charge in [-0.15, -0.1) is 0 Å². The zero-order valence-corrected chi connectivity index (χ0v) is 12.9. The number of carboxylic acid groups (broad SMARTS) is 2. The van der Waals surface area contributed by atoms with Crippen molar-refractivity contribution >= 4 is 71.1 Å². The Kier molecular flexibility index (Phi) is 8.70. The van der Waals surface area contributed by atoms with Crippen LogP contribution < -0.4 is 0 Å². The molecule has 2 N–H and O–H groups in total. The van der Waals surface area contributed by atoms with E-state index in [1.54, 1.807) is 13.0 Å². The Bertz CT molecular complexity index is 376. The first-order valence-corrected chi connectivity index (χ1v) is 3.60. The first-order valence-electron chi connectivity index (χ1n) is 3.60. The van der Waals surface area contributed by atoms with E-state index >= 15 is 0 Å². The summed E-state index contributed by atoms with van der Waals surface area (Å²) < 4.78 is 0. The topological polar surface area (TPSA) is 74.6 Å². The molecule has 0 amide bonds. The van der Waals surface area contributed by atoms with E-state index in [9.17, 15) is 9.59 Å². The van der Waals surface area contributed by atoms with Crippen LogP contribution in [0.3, 0.4) is 0 Å². The van der Waals surface area contributed by atoms with Gasteiger partial charge in [-0.3, -0.25) is 0 Å². The van der Waals surface area contributed by atoms with Crippen molar-refractivity contribution in [1.82, 2.24) is 0 Å². The first kappa shape index (κ1) is 17.6. The van der Waals surface area contributed by atoms with Crippen molar-refractivity contribution in [1.29, 1.82) is 0 Å². The number of hydrogen-bond acceptors (Lipinski definition) is 2. The summed E-state index contributed by atoms with van der Waals surface area (Å²) in [6, 6.07) is 4.36. The summed E-state index contributed by atoms with van der Waals surface area (Å²) in [7, 11) is 0. The number of carboxylic acids is 2. The summed E-state index contributed by atoms with van der Waals surface area (Å²) in [6.07, 6.45) is 0. The van der Waals surface area contributed by atoms with E-state index in [0.29, 0.717) is 5.56 Å². The van der Waals surface area contributed by atoms with Gasteiger partial charge in [-0.1, -0.05) is 12.1 Å². The molecule has 0 unspecified atom stereocenters. The normalized spacial score (nSPS) is 8.33. The van der Waals surface area contributed by atoms with E-state index < -0.39 is 11.9 Å². The van der Waals surface area contributed by atoms with Gasteiger partial charge in [0.1, 0.15) is 0 Å². The zero-order valence-electron chi connectivity index (χ0n) is 8.94. The van der Waals surface area contributed by atoms with E-state index in [4.69, 9.17) is 10.2 Å². The fourth-order valence-electron chi connectivity index (χ4n) is 1.13. The second-order valence-electron chi connectivity index (χ2n) is 2.61. The Hall–Kier alpha value is 0.160. The average Bonchev–Trinajstić information content (AvgIpc) is 2.02. The maximum absolute atomic E-state index is 10.7. The molecule has 0 saturated carbocycles. The SMILES string of the molecule is Cc1cccc(C(=O)O)c1C(=O)O.[Na].[Na]. The smallest absolute Gasteiger partial charge is 0.336 e.